The van der Waals surface area contributed by atoms with Crippen molar-refractivity contribution in [3.8, 4) is 0 Å². The van der Waals surface area contributed by atoms with E-state index in [1.54, 1.807) is 0 Å². The van der Waals surface area contributed by atoms with Gasteiger partial charge in [0.2, 0.25) is 0 Å². The fraction of sp³-hybridized carbons (Fsp3) is 0.143. The fourth-order valence-corrected chi connectivity index (χ4v) is 1.03. The highest BCUT2D eigenvalue weighted by Crippen LogP contribution is 2.34. The first-order chi connectivity index (χ1) is 5.00. The lowest BCUT2D eigenvalue weighted by Crippen LogP contribution is -2.00. The molecule has 0 aliphatic carbocycles. The molecule has 0 saturated carbocycles. The summed E-state index contributed by atoms with van der Waals surface area (Å²) in [5.74, 6) is 0. The average Bonchev–Trinajstić information content (AvgIpc) is 1.86. The van der Waals surface area contributed by atoms with E-state index in [-0.39, 0.29) is 5.56 Å². The fourth-order valence-electron chi connectivity index (χ4n) is 0.639. The summed E-state index contributed by atoms with van der Waals surface area (Å²) in [4.78, 5) is -2.96. The Kier molecular flexibility index (Phi) is 2.50. The molecular formula is C7H4BrClF2. The molecule has 1 aromatic carbocycles. The highest BCUT2D eigenvalue weighted by molar-refractivity contribution is 9.09. The SMILES string of the molecule is FC(F)(Br)c1ccc(Cl)cc1. The lowest BCUT2D eigenvalue weighted by Gasteiger charge is -2.07. The third-order valence-corrected chi connectivity index (χ3v) is 1.88. The molecule has 1 aromatic rings. The Morgan fingerprint density at radius 3 is 2.00 bits per heavy atom. The maximum Gasteiger partial charge on any atom is 0.326 e. The van der Waals surface area contributed by atoms with Crippen LogP contribution in [0.2, 0.25) is 5.02 Å². The lowest BCUT2D eigenvalue weighted by atomic mass is 10.2. The zero-order valence-electron chi connectivity index (χ0n) is 5.32. The molecule has 0 nitrogen and oxygen atoms in total. The summed E-state index contributed by atoms with van der Waals surface area (Å²) in [6, 6.07) is 5.40. The Morgan fingerprint density at radius 2 is 1.64 bits per heavy atom. The summed E-state index contributed by atoms with van der Waals surface area (Å²) >= 11 is 7.74. The van der Waals surface area contributed by atoms with E-state index in [4.69, 9.17) is 11.6 Å². The second-order valence-corrected chi connectivity index (χ2v) is 3.44. The molecule has 0 atom stereocenters. The van der Waals surface area contributed by atoms with Gasteiger partial charge in [0.25, 0.3) is 0 Å². The number of alkyl halides is 3. The van der Waals surface area contributed by atoms with Crippen molar-refractivity contribution in [1.29, 1.82) is 0 Å². The normalized spacial score (nSPS) is 11.6. The molecule has 0 aliphatic heterocycles. The molecular weight excluding hydrogens is 237 g/mol. The van der Waals surface area contributed by atoms with Gasteiger partial charge in [0.1, 0.15) is 0 Å². The molecule has 4 heteroatoms. The minimum absolute atomic E-state index is 0.0955. The molecule has 0 aliphatic rings. The first-order valence-electron chi connectivity index (χ1n) is 2.83. The van der Waals surface area contributed by atoms with E-state index in [9.17, 15) is 8.78 Å². The summed E-state index contributed by atoms with van der Waals surface area (Å²) < 4.78 is 24.9. The Labute approximate surface area is 76.3 Å². The van der Waals surface area contributed by atoms with Crippen molar-refractivity contribution in [1.82, 2.24) is 0 Å². The van der Waals surface area contributed by atoms with E-state index in [1.807, 2.05) is 0 Å². The molecule has 0 aromatic heterocycles. The topological polar surface area (TPSA) is 0 Å². The second-order valence-electron chi connectivity index (χ2n) is 2.00. The van der Waals surface area contributed by atoms with Gasteiger partial charge < -0.3 is 0 Å². The average molecular weight is 241 g/mol. The number of rotatable bonds is 1. The van der Waals surface area contributed by atoms with Gasteiger partial charge in [-0.25, -0.2) is 0 Å². The maximum atomic E-state index is 12.5. The number of hydrogen-bond acceptors (Lipinski definition) is 0. The Bertz CT molecular complexity index is 240. The van der Waals surface area contributed by atoms with Crippen LogP contribution in [-0.4, -0.2) is 0 Å². The Hall–Kier alpha value is -0.150. The van der Waals surface area contributed by atoms with Crippen LogP contribution < -0.4 is 0 Å². The van der Waals surface area contributed by atoms with Crippen molar-refractivity contribution >= 4 is 27.5 Å². The van der Waals surface area contributed by atoms with Gasteiger partial charge in [0.05, 0.1) is 0 Å². The zero-order chi connectivity index (χ0) is 8.48. The molecule has 0 saturated heterocycles. The van der Waals surface area contributed by atoms with E-state index in [1.165, 1.54) is 24.3 Å². The summed E-state index contributed by atoms with van der Waals surface area (Å²) in [6.45, 7) is 0. The van der Waals surface area contributed by atoms with Crippen molar-refractivity contribution in [2.75, 3.05) is 0 Å². The van der Waals surface area contributed by atoms with Crippen LogP contribution in [0, 0.1) is 0 Å². The monoisotopic (exact) mass is 240 g/mol. The predicted octanol–water partition coefficient (Wildman–Crippen LogP) is 3.78. The Morgan fingerprint density at radius 1 is 1.18 bits per heavy atom. The van der Waals surface area contributed by atoms with Crippen molar-refractivity contribution in [3.63, 3.8) is 0 Å². The van der Waals surface area contributed by atoms with E-state index in [0.717, 1.165) is 0 Å². The number of benzene rings is 1. The van der Waals surface area contributed by atoms with Gasteiger partial charge in [-0.05, 0) is 28.1 Å². The first-order valence-corrected chi connectivity index (χ1v) is 4.00. The van der Waals surface area contributed by atoms with Crippen LogP contribution >= 0.6 is 27.5 Å². The van der Waals surface area contributed by atoms with Gasteiger partial charge in [-0.2, -0.15) is 8.78 Å². The second kappa shape index (κ2) is 3.07. The molecule has 0 spiro atoms. The molecule has 11 heavy (non-hydrogen) atoms. The first kappa shape index (κ1) is 8.94. The van der Waals surface area contributed by atoms with Gasteiger partial charge in [-0.15, -0.1) is 0 Å². The summed E-state index contributed by atoms with van der Waals surface area (Å²) in [7, 11) is 0. The molecule has 1 rings (SSSR count). The van der Waals surface area contributed by atoms with Crippen LogP contribution in [0.1, 0.15) is 5.56 Å². The van der Waals surface area contributed by atoms with E-state index < -0.39 is 4.83 Å². The van der Waals surface area contributed by atoms with Gasteiger partial charge >= 0.3 is 4.83 Å². The van der Waals surface area contributed by atoms with E-state index in [2.05, 4.69) is 15.9 Å². The zero-order valence-corrected chi connectivity index (χ0v) is 7.66. The van der Waals surface area contributed by atoms with Crippen molar-refractivity contribution in [2.45, 2.75) is 4.83 Å². The van der Waals surface area contributed by atoms with Crippen molar-refractivity contribution in [2.24, 2.45) is 0 Å². The summed E-state index contributed by atoms with van der Waals surface area (Å²) in [5, 5.41) is 0.450. The molecule has 0 amide bonds. The quantitative estimate of drug-likeness (QED) is 0.656. The standard InChI is InChI=1S/C7H4BrClF2/c8-7(10,11)5-1-3-6(9)4-2-5/h1-4H. The maximum absolute atomic E-state index is 12.5. The number of hydrogen-bond donors (Lipinski definition) is 0. The molecule has 0 unspecified atom stereocenters. The molecule has 0 fully saturated rings. The van der Waals surface area contributed by atoms with Crippen LogP contribution in [0.4, 0.5) is 8.78 Å². The Balaban J connectivity index is 2.99. The van der Waals surface area contributed by atoms with Crippen LogP contribution in [-0.2, 0) is 4.83 Å². The minimum atomic E-state index is -2.96. The lowest BCUT2D eigenvalue weighted by molar-refractivity contribution is 0.114. The van der Waals surface area contributed by atoms with Gasteiger partial charge in [0.15, 0.2) is 0 Å². The van der Waals surface area contributed by atoms with E-state index >= 15 is 0 Å². The van der Waals surface area contributed by atoms with Crippen molar-refractivity contribution in [3.05, 3.63) is 34.9 Å². The smallest absolute Gasteiger partial charge is 0.188 e. The molecule has 60 valence electrons. The van der Waals surface area contributed by atoms with Crippen LogP contribution in [0.3, 0.4) is 0 Å². The molecule has 0 radical (unpaired) electrons. The van der Waals surface area contributed by atoms with Crippen LogP contribution in [0.25, 0.3) is 0 Å². The molecule has 0 bridgehead atoms. The third kappa shape index (κ3) is 2.42. The summed E-state index contributed by atoms with van der Waals surface area (Å²) in [6.07, 6.45) is 0. The highest BCUT2D eigenvalue weighted by Gasteiger charge is 2.26. The van der Waals surface area contributed by atoms with Gasteiger partial charge in [-0.3, -0.25) is 0 Å². The largest absolute Gasteiger partial charge is 0.326 e. The highest BCUT2D eigenvalue weighted by atomic mass is 79.9. The van der Waals surface area contributed by atoms with E-state index in [0.29, 0.717) is 5.02 Å². The van der Waals surface area contributed by atoms with Crippen molar-refractivity contribution < 1.29 is 8.78 Å². The van der Waals surface area contributed by atoms with Gasteiger partial charge in [0, 0.05) is 10.6 Å². The minimum Gasteiger partial charge on any atom is -0.188 e. The van der Waals surface area contributed by atoms with Gasteiger partial charge in [-0.1, -0.05) is 23.7 Å². The third-order valence-electron chi connectivity index (χ3n) is 1.17. The predicted molar refractivity (Wildman–Crippen MR) is 44.3 cm³/mol. The number of halogens is 4. The molecule has 0 heterocycles. The molecule has 0 N–H and O–H groups in total. The summed E-state index contributed by atoms with van der Waals surface area (Å²) in [5.41, 5.74) is -0.0955. The van der Waals surface area contributed by atoms with Crippen LogP contribution in [0.15, 0.2) is 24.3 Å². The van der Waals surface area contributed by atoms with Crippen LogP contribution in [0.5, 0.6) is 0 Å².